The lowest BCUT2D eigenvalue weighted by atomic mass is 10.2. The van der Waals surface area contributed by atoms with Gasteiger partial charge in [0.2, 0.25) is 5.95 Å². The Morgan fingerprint density at radius 3 is 2.70 bits per heavy atom. The SMILES string of the molecule is Nc1nc(-c2ccco2)c2nnn(Cc3ccccc3N)c2n1. The number of rotatable bonds is 3. The van der Waals surface area contributed by atoms with Crippen LogP contribution in [0.5, 0.6) is 0 Å². The van der Waals surface area contributed by atoms with Crippen LogP contribution in [0, 0.1) is 0 Å². The Bertz CT molecular complexity index is 975. The van der Waals surface area contributed by atoms with E-state index in [4.69, 9.17) is 15.9 Å². The smallest absolute Gasteiger partial charge is 0.222 e. The molecule has 8 heteroatoms. The van der Waals surface area contributed by atoms with Crippen molar-refractivity contribution < 1.29 is 4.42 Å². The predicted molar refractivity (Wildman–Crippen MR) is 85.2 cm³/mol. The Labute approximate surface area is 130 Å². The fourth-order valence-corrected chi connectivity index (χ4v) is 2.40. The first kappa shape index (κ1) is 13.3. The van der Waals surface area contributed by atoms with Crippen molar-refractivity contribution in [1.29, 1.82) is 0 Å². The molecule has 0 spiro atoms. The average Bonchev–Trinajstić information content (AvgIpc) is 3.19. The van der Waals surface area contributed by atoms with E-state index in [2.05, 4.69) is 20.3 Å². The van der Waals surface area contributed by atoms with Gasteiger partial charge in [0.1, 0.15) is 5.69 Å². The lowest BCUT2D eigenvalue weighted by Crippen LogP contribution is -2.06. The first-order valence-corrected chi connectivity index (χ1v) is 6.96. The zero-order chi connectivity index (χ0) is 15.8. The van der Waals surface area contributed by atoms with Crippen LogP contribution in [0.15, 0.2) is 47.1 Å². The third kappa shape index (κ3) is 2.26. The molecule has 0 unspecified atom stereocenters. The number of nitrogen functional groups attached to an aromatic ring is 2. The Kier molecular flexibility index (Phi) is 2.94. The number of fused-ring (bicyclic) bond motifs is 1. The van der Waals surface area contributed by atoms with Crippen molar-refractivity contribution in [3.05, 3.63) is 48.2 Å². The first-order valence-electron chi connectivity index (χ1n) is 6.96. The third-order valence-corrected chi connectivity index (χ3v) is 3.51. The van der Waals surface area contributed by atoms with Crippen molar-refractivity contribution in [1.82, 2.24) is 25.0 Å². The zero-order valence-electron chi connectivity index (χ0n) is 12.0. The average molecular weight is 307 g/mol. The number of furan rings is 1. The number of hydrogen-bond acceptors (Lipinski definition) is 7. The number of hydrogen-bond donors (Lipinski definition) is 2. The summed E-state index contributed by atoms with van der Waals surface area (Å²) in [4.78, 5) is 8.47. The topological polar surface area (TPSA) is 122 Å². The van der Waals surface area contributed by atoms with Crippen LogP contribution in [0.25, 0.3) is 22.6 Å². The lowest BCUT2D eigenvalue weighted by molar-refractivity contribution is 0.580. The molecule has 23 heavy (non-hydrogen) atoms. The number of aromatic nitrogens is 5. The molecule has 0 bridgehead atoms. The van der Waals surface area contributed by atoms with Crippen molar-refractivity contribution in [3.63, 3.8) is 0 Å². The van der Waals surface area contributed by atoms with E-state index in [9.17, 15) is 0 Å². The van der Waals surface area contributed by atoms with Gasteiger partial charge in [0.25, 0.3) is 0 Å². The second kappa shape index (κ2) is 5.09. The monoisotopic (exact) mass is 307 g/mol. The van der Waals surface area contributed by atoms with Gasteiger partial charge in [0, 0.05) is 5.69 Å². The van der Waals surface area contributed by atoms with E-state index in [1.54, 1.807) is 23.1 Å². The molecule has 0 aliphatic heterocycles. The quantitative estimate of drug-likeness (QED) is 0.552. The van der Waals surface area contributed by atoms with Crippen LogP contribution in [-0.2, 0) is 6.54 Å². The number of anilines is 2. The van der Waals surface area contributed by atoms with Crippen LogP contribution >= 0.6 is 0 Å². The van der Waals surface area contributed by atoms with Crippen molar-refractivity contribution in [2.24, 2.45) is 0 Å². The summed E-state index contributed by atoms with van der Waals surface area (Å²) in [5, 5.41) is 8.33. The van der Waals surface area contributed by atoms with Crippen LogP contribution < -0.4 is 11.5 Å². The number of para-hydroxylation sites is 1. The fraction of sp³-hybridized carbons (Fsp3) is 0.0667. The Morgan fingerprint density at radius 2 is 1.91 bits per heavy atom. The van der Waals surface area contributed by atoms with Gasteiger partial charge in [-0.25, -0.2) is 9.67 Å². The summed E-state index contributed by atoms with van der Waals surface area (Å²) in [5.41, 5.74) is 15.0. The molecule has 0 aliphatic rings. The highest BCUT2D eigenvalue weighted by molar-refractivity contribution is 5.85. The Morgan fingerprint density at radius 1 is 1.04 bits per heavy atom. The number of nitrogens with two attached hydrogens (primary N) is 2. The fourth-order valence-electron chi connectivity index (χ4n) is 2.40. The summed E-state index contributed by atoms with van der Waals surface area (Å²) in [6, 6.07) is 11.1. The van der Waals surface area contributed by atoms with Crippen molar-refractivity contribution in [2.45, 2.75) is 6.54 Å². The first-order chi connectivity index (χ1) is 11.2. The van der Waals surface area contributed by atoms with E-state index < -0.39 is 0 Å². The highest BCUT2D eigenvalue weighted by Gasteiger charge is 2.17. The summed E-state index contributed by atoms with van der Waals surface area (Å²) < 4.78 is 7.03. The molecule has 0 saturated heterocycles. The van der Waals surface area contributed by atoms with Gasteiger partial charge in [-0.1, -0.05) is 23.4 Å². The minimum atomic E-state index is 0.133. The molecule has 0 atom stereocenters. The second-order valence-corrected chi connectivity index (χ2v) is 5.03. The van der Waals surface area contributed by atoms with E-state index in [-0.39, 0.29) is 5.95 Å². The van der Waals surface area contributed by atoms with Crippen molar-refractivity contribution >= 4 is 22.8 Å². The third-order valence-electron chi connectivity index (χ3n) is 3.51. The molecule has 3 aromatic heterocycles. The highest BCUT2D eigenvalue weighted by Crippen LogP contribution is 2.26. The molecule has 4 rings (SSSR count). The molecule has 0 saturated carbocycles. The zero-order valence-corrected chi connectivity index (χ0v) is 12.0. The minimum absolute atomic E-state index is 0.133. The van der Waals surface area contributed by atoms with Gasteiger partial charge in [0.15, 0.2) is 16.9 Å². The number of benzene rings is 1. The standard InChI is InChI=1S/C15H13N7O/c16-10-5-2-1-4-9(10)8-22-14-13(20-21-22)12(18-15(17)19-14)11-6-3-7-23-11/h1-7H,8,16H2,(H2,17,18,19). The largest absolute Gasteiger partial charge is 0.463 e. The van der Waals surface area contributed by atoms with Crippen molar-refractivity contribution in [2.75, 3.05) is 11.5 Å². The molecule has 4 aromatic rings. The summed E-state index contributed by atoms with van der Waals surface area (Å²) in [6.45, 7) is 0.442. The van der Waals surface area contributed by atoms with Crippen LogP contribution in [0.4, 0.5) is 11.6 Å². The molecule has 0 amide bonds. The molecular weight excluding hydrogens is 294 g/mol. The van der Waals surface area contributed by atoms with Crippen molar-refractivity contribution in [3.8, 4) is 11.5 Å². The van der Waals surface area contributed by atoms with Gasteiger partial charge in [0.05, 0.1) is 12.8 Å². The van der Waals surface area contributed by atoms with Gasteiger partial charge in [-0.05, 0) is 23.8 Å². The summed E-state index contributed by atoms with van der Waals surface area (Å²) in [7, 11) is 0. The van der Waals surface area contributed by atoms with Gasteiger partial charge < -0.3 is 15.9 Å². The van der Waals surface area contributed by atoms with Gasteiger partial charge in [-0.15, -0.1) is 5.10 Å². The van der Waals surface area contributed by atoms with E-state index in [1.807, 2.05) is 24.3 Å². The molecule has 8 nitrogen and oxygen atoms in total. The van der Waals surface area contributed by atoms with Gasteiger partial charge in [-0.2, -0.15) is 4.98 Å². The molecule has 0 radical (unpaired) electrons. The Hall–Kier alpha value is -3.42. The van der Waals surface area contributed by atoms with Gasteiger partial charge in [-0.3, -0.25) is 0 Å². The minimum Gasteiger partial charge on any atom is -0.463 e. The van der Waals surface area contributed by atoms with Crippen LogP contribution in [0.1, 0.15) is 5.56 Å². The summed E-state index contributed by atoms with van der Waals surface area (Å²) >= 11 is 0. The van der Waals surface area contributed by atoms with Crippen LogP contribution in [0.2, 0.25) is 0 Å². The van der Waals surface area contributed by atoms with E-state index in [0.29, 0.717) is 34.9 Å². The van der Waals surface area contributed by atoms with Crippen LogP contribution in [-0.4, -0.2) is 25.0 Å². The molecule has 0 aliphatic carbocycles. The maximum Gasteiger partial charge on any atom is 0.222 e. The normalized spacial score (nSPS) is 11.1. The summed E-state index contributed by atoms with van der Waals surface area (Å²) in [5.74, 6) is 0.698. The maximum absolute atomic E-state index is 5.98. The molecule has 3 heterocycles. The van der Waals surface area contributed by atoms with E-state index in [0.717, 1.165) is 5.56 Å². The number of nitrogens with zero attached hydrogens (tertiary/aromatic N) is 5. The molecule has 0 fully saturated rings. The molecular formula is C15H13N7O. The highest BCUT2D eigenvalue weighted by atomic mass is 16.3. The second-order valence-electron chi connectivity index (χ2n) is 5.03. The molecule has 114 valence electrons. The molecule has 4 N–H and O–H groups in total. The summed E-state index contributed by atoms with van der Waals surface area (Å²) in [6.07, 6.45) is 1.56. The van der Waals surface area contributed by atoms with E-state index >= 15 is 0 Å². The lowest BCUT2D eigenvalue weighted by Gasteiger charge is -2.06. The predicted octanol–water partition coefficient (Wildman–Crippen LogP) is 1.69. The maximum atomic E-state index is 5.98. The van der Waals surface area contributed by atoms with Crippen LogP contribution in [0.3, 0.4) is 0 Å². The Balaban J connectivity index is 1.85. The van der Waals surface area contributed by atoms with Gasteiger partial charge >= 0.3 is 0 Å². The van der Waals surface area contributed by atoms with E-state index in [1.165, 1.54) is 0 Å². The molecule has 1 aromatic carbocycles.